The molecule has 0 amide bonds. The van der Waals surface area contributed by atoms with Crippen LogP contribution in [0.2, 0.25) is 0 Å². The molecule has 1 heterocycles. The van der Waals surface area contributed by atoms with Gasteiger partial charge in [-0.25, -0.2) is 13.1 Å². The van der Waals surface area contributed by atoms with Crippen LogP contribution in [0.4, 0.5) is 0 Å². The number of hydrogen-bond donors (Lipinski definition) is 2. The summed E-state index contributed by atoms with van der Waals surface area (Å²) in [5, 5.41) is 3.24. The molecule has 1 saturated carbocycles. The third-order valence-electron chi connectivity index (χ3n) is 3.23. The van der Waals surface area contributed by atoms with Gasteiger partial charge in [0.05, 0.1) is 4.90 Å². The van der Waals surface area contributed by atoms with Gasteiger partial charge in [-0.1, -0.05) is 6.92 Å². The highest BCUT2D eigenvalue weighted by Crippen LogP contribution is 2.24. The standard InChI is InChI=1S/C13H23N3O2S/c1-4-14-8-12-7-13(9-16(12)10(2)3)19(17,18)15-11-5-6-11/h7,9-11,14-15H,4-6,8H2,1-3H3. The van der Waals surface area contributed by atoms with E-state index in [9.17, 15) is 8.42 Å². The smallest absolute Gasteiger partial charge is 0.242 e. The Morgan fingerprint density at radius 1 is 1.42 bits per heavy atom. The zero-order chi connectivity index (χ0) is 14.0. The molecule has 0 bridgehead atoms. The summed E-state index contributed by atoms with van der Waals surface area (Å²) < 4.78 is 29.1. The molecule has 1 fully saturated rings. The molecule has 2 N–H and O–H groups in total. The quantitative estimate of drug-likeness (QED) is 0.800. The van der Waals surface area contributed by atoms with Gasteiger partial charge in [0.15, 0.2) is 0 Å². The van der Waals surface area contributed by atoms with E-state index in [1.54, 1.807) is 12.3 Å². The zero-order valence-corrected chi connectivity index (χ0v) is 12.6. The number of hydrogen-bond acceptors (Lipinski definition) is 3. The lowest BCUT2D eigenvalue weighted by Crippen LogP contribution is -2.25. The number of aromatic nitrogens is 1. The number of nitrogens with one attached hydrogen (secondary N) is 2. The van der Waals surface area contributed by atoms with Crippen molar-refractivity contribution in [3.8, 4) is 0 Å². The van der Waals surface area contributed by atoms with Gasteiger partial charge in [-0.15, -0.1) is 0 Å². The number of rotatable bonds is 7. The van der Waals surface area contributed by atoms with E-state index in [1.807, 2.05) is 11.5 Å². The fourth-order valence-electron chi connectivity index (χ4n) is 2.01. The minimum Gasteiger partial charge on any atom is -0.346 e. The van der Waals surface area contributed by atoms with Crippen molar-refractivity contribution in [2.45, 2.75) is 57.1 Å². The first-order valence-corrected chi connectivity index (χ1v) is 8.36. The minimum absolute atomic E-state index is 0.143. The molecule has 6 heteroatoms. The maximum absolute atomic E-state index is 12.2. The molecule has 0 spiro atoms. The van der Waals surface area contributed by atoms with Crippen LogP contribution in [-0.2, 0) is 16.6 Å². The molecule has 19 heavy (non-hydrogen) atoms. The lowest BCUT2D eigenvalue weighted by molar-refractivity contribution is 0.554. The first-order valence-electron chi connectivity index (χ1n) is 6.88. The van der Waals surface area contributed by atoms with Crippen LogP contribution in [0, 0.1) is 0 Å². The Bertz CT molecular complexity index is 530. The van der Waals surface area contributed by atoms with Gasteiger partial charge in [0.25, 0.3) is 0 Å². The van der Waals surface area contributed by atoms with Crippen LogP contribution in [0.25, 0.3) is 0 Å². The molecule has 1 aliphatic rings. The monoisotopic (exact) mass is 285 g/mol. The summed E-state index contributed by atoms with van der Waals surface area (Å²) in [5.41, 5.74) is 1.01. The number of nitrogens with zero attached hydrogens (tertiary/aromatic N) is 1. The molecular weight excluding hydrogens is 262 g/mol. The van der Waals surface area contributed by atoms with Gasteiger partial charge >= 0.3 is 0 Å². The van der Waals surface area contributed by atoms with E-state index in [0.717, 1.165) is 25.1 Å². The average molecular weight is 285 g/mol. The van der Waals surface area contributed by atoms with E-state index in [-0.39, 0.29) is 12.1 Å². The number of sulfonamides is 1. The molecule has 0 radical (unpaired) electrons. The van der Waals surface area contributed by atoms with Crippen molar-refractivity contribution >= 4 is 10.0 Å². The normalized spacial score (nSPS) is 16.2. The Morgan fingerprint density at radius 3 is 2.63 bits per heavy atom. The summed E-state index contributed by atoms with van der Waals surface area (Å²) in [4.78, 5) is 0.376. The third kappa shape index (κ3) is 3.58. The molecule has 0 aliphatic heterocycles. The molecule has 5 nitrogen and oxygen atoms in total. The maximum atomic E-state index is 12.2. The Labute approximate surface area is 115 Å². The van der Waals surface area contributed by atoms with Crippen molar-refractivity contribution < 1.29 is 8.42 Å². The minimum atomic E-state index is -3.36. The van der Waals surface area contributed by atoms with E-state index in [1.165, 1.54) is 0 Å². The predicted octanol–water partition coefficient (Wildman–Crippen LogP) is 1.62. The fraction of sp³-hybridized carbons (Fsp3) is 0.692. The summed E-state index contributed by atoms with van der Waals surface area (Å²) in [6.45, 7) is 7.70. The van der Waals surface area contributed by atoms with Crippen molar-refractivity contribution in [2.75, 3.05) is 6.54 Å². The van der Waals surface area contributed by atoms with Crippen molar-refractivity contribution in [1.82, 2.24) is 14.6 Å². The van der Waals surface area contributed by atoms with Gasteiger partial charge in [0.1, 0.15) is 0 Å². The lowest BCUT2D eigenvalue weighted by atomic mass is 10.3. The molecule has 108 valence electrons. The van der Waals surface area contributed by atoms with Crippen LogP contribution in [0.5, 0.6) is 0 Å². The van der Waals surface area contributed by atoms with Gasteiger partial charge in [-0.05, 0) is 39.3 Å². The SMILES string of the molecule is CCNCc1cc(S(=O)(=O)NC2CC2)cn1C(C)C. The average Bonchev–Trinajstić information content (AvgIpc) is 3.01. The molecular formula is C13H23N3O2S. The summed E-state index contributed by atoms with van der Waals surface area (Å²) >= 11 is 0. The summed E-state index contributed by atoms with van der Waals surface area (Å²) in [6, 6.07) is 2.16. The molecule has 0 saturated heterocycles. The highest BCUT2D eigenvalue weighted by atomic mass is 32.2. The largest absolute Gasteiger partial charge is 0.346 e. The van der Waals surface area contributed by atoms with Gasteiger partial charge in [0.2, 0.25) is 10.0 Å². The van der Waals surface area contributed by atoms with Crippen LogP contribution >= 0.6 is 0 Å². The fourth-order valence-corrected chi connectivity index (χ4v) is 3.36. The predicted molar refractivity (Wildman–Crippen MR) is 75.5 cm³/mol. The van der Waals surface area contributed by atoms with Crippen LogP contribution in [0.15, 0.2) is 17.2 Å². The summed E-state index contributed by atoms with van der Waals surface area (Å²) in [6.07, 6.45) is 3.64. The first-order chi connectivity index (χ1) is 8.94. The molecule has 1 aromatic heterocycles. The van der Waals surface area contributed by atoms with E-state index < -0.39 is 10.0 Å². The second kappa shape index (κ2) is 5.64. The van der Waals surface area contributed by atoms with Crippen LogP contribution in [0.3, 0.4) is 0 Å². The van der Waals surface area contributed by atoms with Crippen molar-refractivity contribution in [3.63, 3.8) is 0 Å². The van der Waals surface area contributed by atoms with E-state index in [2.05, 4.69) is 23.9 Å². The van der Waals surface area contributed by atoms with Crippen LogP contribution in [0.1, 0.15) is 45.3 Å². The zero-order valence-electron chi connectivity index (χ0n) is 11.8. The van der Waals surface area contributed by atoms with Gasteiger partial charge in [-0.3, -0.25) is 0 Å². The highest BCUT2D eigenvalue weighted by molar-refractivity contribution is 7.89. The Balaban J connectivity index is 2.25. The Hall–Kier alpha value is -0.850. The molecule has 1 aliphatic carbocycles. The molecule has 0 unspecified atom stereocenters. The van der Waals surface area contributed by atoms with Gasteiger partial charge in [-0.2, -0.15) is 0 Å². The topological polar surface area (TPSA) is 63.1 Å². The van der Waals surface area contributed by atoms with E-state index >= 15 is 0 Å². The van der Waals surface area contributed by atoms with Gasteiger partial charge < -0.3 is 9.88 Å². The lowest BCUT2D eigenvalue weighted by Gasteiger charge is -2.12. The third-order valence-corrected chi connectivity index (χ3v) is 4.72. The van der Waals surface area contributed by atoms with Crippen molar-refractivity contribution in [2.24, 2.45) is 0 Å². The van der Waals surface area contributed by atoms with Gasteiger partial charge in [0, 0.05) is 30.5 Å². The molecule has 1 aromatic rings. The Kier molecular flexibility index (Phi) is 4.32. The summed E-state index contributed by atoms with van der Waals surface area (Å²) in [7, 11) is -3.36. The highest BCUT2D eigenvalue weighted by Gasteiger charge is 2.29. The second-order valence-electron chi connectivity index (χ2n) is 5.34. The van der Waals surface area contributed by atoms with Crippen LogP contribution in [-0.4, -0.2) is 25.6 Å². The first kappa shape index (κ1) is 14.6. The molecule has 0 aromatic carbocycles. The second-order valence-corrected chi connectivity index (χ2v) is 7.06. The molecule has 2 rings (SSSR count). The maximum Gasteiger partial charge on any atom is 0.242 e. The Morgan fingerprint density at radius 2 is 2.11 bits per heavy atom. The summed E-state index contributed by atoms with van der Waals surface area (Å²) in [5.74, 6) is 0. The van der Waals surface area contributed by atoms with E-state index in [4.69, 9.17) is 0 Å². The molecule has 0 atom stereocenters. The van der Waals surface area contributed by atoms with Crippen LogP contribution < -0.4 is 10.0 Å². The van der Waals surface area contributed by atoms with Crippen molar-refractivity contribution in [3.05, 3.63) is 18.0 Å². The van der Waals surface area contributed by atoms with E-state index in [0.29, 0.717) is 11.4 Å². The van der Waals surface area contributed by atoms with Crippen molar-refractivity contribution in [1.29, 1.82) is 0 Å².